The zero-order valence-electron chi connectivity index (χ0n) is 14.7. The van der Waals surface area contributed by atoms with Crippen molar-refractivity contribution in [3.63, 3.8) is 0 Å². The molecule has 0 radical (unpaired) electrons. The molecule has 1 heterocycles. The van der Waals surface area contributed by atoms with Crippen LogP contribution in [-0.2, 0) is 6.54 Å². The minimum absolute atomic E-state index is 0.146. The molecule has 0 saturated heterocycles. The van der Waals surface area contributed by atoms with Gasteiger partial charge in [-0.15, -0.1) is 5.10 Å². The SMILES string of the molecule is CCOc1ccccc1CNC(=O)c1ccc2c(c1)nnn2C(C)C. The molecule has 0 aliphatic rings. The van der Waals surface area contributed by atoms with Gasteiger partial charge in [0.25, 0.3) is 5.91 Å². The fourth-order valence-electron chi connectivity index (χ4n) is 2.69. The number of carbonyl (C=O) groups excluding carboxylic acids is 1. The van der Waals surface area contributed by atoms with Crippen LogP contribution in [0.5, 0.6) is 5.75 Å². The van der Waals surface area contributed by atoms with Crippen LogP contribution in [0.4, 0.5) is 0 Å². The van der Waals surface area contributed by atoms with Crippen LogP contribution in [0, 0.1) is 0 Å². The number of nitrogens with zero attached hydrogens (tertiary/aromatic N) is 3. The van der Waals surface area contributed by atoms with Gasteiger partial charge in [0.05, 0.1) is 12.1 Å². The van der Waals surface area contributed by atoms with E-state index in [1.54, 1.807) is 12.1 Å². The molecule has 25 heavy (non-hydrogen) atoms. The summed E-state index contributed by atoms with van der Waals surface area (Å²) in [6.07, 6.45) is 0. The van der Waals surface area contributed by atoms with E-state index >= 15 is 0 Å². The molecule has 0 aliphatic carbocycles. The van der Waals surface area contributed by atoms with Crippen molar-refractivity contribution in [1.29, 1.82) is 0 Å². The lowest BCUT2D eigenvalue weighted by Gasteiger charge is -2.11. The summed E-state index contributed by atoms with van der Waals surface area (Å²) in [6.45, 7) is 7.03. The first kappa shape index (κ1) is 17.0. The second kappa shape index (κ2) is 7.34. The van der Waals surface area contributed by atoms with Crippen LogP contribution < -0.4 is 10.1 Å². The van der Waals surface area contributed by atoms with Gasteiger partial charge in [-0.2, -0.15) is 0 Å². The van der Waals surface area contributed by atoms with Crippen molar-refractivity contribution in [3.8, 4) is 5.75 Å². The number of carbonyl (C=O) groups is 1. The van der Waals surface area contributed by atoms with E-state index in [9.17, 15) is 4.79 Å². The maximum Gasteiger partial charge on any atom is 0.251 e. The van der Waals surface area contributed by atoms with E-state index in [0.29, 0.717) is 18.7 Å². The molecule has 0 unspecified atom stereocenters. The Morgan fingerprint density at radius 1 is 1.24 bits per heavy atom. The van der Waals surface area contributed by atoms with Crippen LogP contribution in [0.15, 0.2) is 42.5 Å². The Morgan fingerprint density at radius 3 is 2.80 bits per heavy atom. The van der Waals surface area contributed by atoms with Gasteiger partial charge in [-0.1, -0.05) is 23.4 Å². The molecule has 6 nitrogen and oxygen atoms in total. The molecule has 2 aromatic carbocycles. The fourth-order valence-corrected chi connectivity index (χ4v) is 2.69. The topological polar surface area (TPSA) is 69.0 Å². The minimum Gasteiger partial charge on any atom is -0.494 e. The summed E-state index contributed by atoms with van der Waals surface area (Å²) in [4.78, 5) is 12.5. The smallest absolute Gasteiger partial charge is 0.251 e. The molecule has 3 aromatic rings. The third-order valence-electron chi connectivity index (χ3n) is 3.93. The highest BCUT2D eigenvalue weighted by Crippen LogP contribution is 2.19. The first-order valence-electron chi connectivity index (χ1n) is 8.44. The van der Waals surface area contributed by atoms with E-state index in [-0.39, 0.29) is 11.9 Å². The maximum absolute atomic E-state index is 12.5. The van der Waals surface area contributed by atoms with E-state index in [1.807, 2.05) is 55.8 Å². The highest BCUT2D eigenvalue weighted by atomic mass is 16.5. The summed E-state index contributed by atoms with van der Waals surface area (Å²) in [5.74, 6) is 0.646. The van der Waals surface area contributed by atoms with Crippen LogP contribution >= 0.6 is 0 Å². The summed E-state index contributed by atoms with van der Waals surface area (Å²) in [5.41, 5.74) is 3.16. The van der Waals surface area contributed by atoms with Gasteiger partial charge < -0.3 is 10.1 Å². The van der Waals surface area contributed by atoms with E-state index in [0.717, 1.165) is 22.3 Å². The monoisotopic (exact) mass is 338 g/mol. The van der Waals surface area contributed by atoms with Gasteiger partial charge >= 0.3 is 0 Å². The number of hydrogen-bond donors (Lipinski definition) is 1. The van der Waals surface area contributed by atoms with Crippen LogP contribution in [-0.4, -0.2) is 27.5 Å². The van der Waals surface area contributed by atoms with Crippen LogP contribution in [0.3, 0.4) is 0 Å². The van der Waals surface area contributed by atoms with Gasteiger partial charge in [-0.25, -0.2) is 4.68 Å². The molecule has 0 aliphatic heterocycles. The highest BCUT2D eigenvalue weighted by Gasteiger charge is 2.12. The molecule has 0 saturated carbocycles. The Hall–Kier alpha value is -2.89. The van der Waals surface area contributed by atoms with Crippen molar-refractivity contribution < 1.29 is 9.53 Å². The molecule has 1 N–H and O–H groups in total. The molecule has 6 heteroatoms. The molecule has 0 atom stereocenters. The van der Waals surface area contributed by atoms with Crippen molar-refractivity contribution in [3.05, 3.63) is 53.6 Å². The number of aromatic nitrogens is 3. The standard InChI is InChI=1S/C19H22N4O2/c1-4-25-18-8-6-5-7-15(18)12-20-19(24)14-9-10-17-16(11-14)21-22-23(17)13(2)3/h5-11,13H,4,12H2,1-3H3,(H,20,24). The molecule has 0 bridgehead atoms. The van der Waals surface area contributed by atoms with E-state index in [1.165, 1.54) is 0 Å². The normalized spacial score (nSPS) is 11.0. The summed E-state index contributed by atoms with van der Waals surface area (Å²) < 4.78 is 7.43. The molecular formula is C19H22N4O2. The first-order valence-corrected chi connectivity index (χ1v) is 8.44. The average molecular weight is 338 g/mol. The maximum atomic E-state index is 12.5. The Bertz CT molecular complexity index is 886. The number of amides is 1. The van der Waals surface area contributed by atoms with E-state index in [2.05, 4.69) is 15.6 Å². The average Bonchev–Trinajstić information content (AvgIpc) is 3.04. The number of fused-ring (bicyclic) bond motifs is 1. The lowest BCUT2D eigenvalue weighted by molar-refractivity contribution is 0.0950. The molecule has 0 spiro atoms. The molecule has 1 aromatic heterocycles. The van der Waals surface area contributed by atoms with Crippen LogP contribution in [0.2, 0.25) is 0 Å². The quantitative estimate of drug-likeness (QED) is 0.748. The number of hydrogen-bond acceptors (Lipinski definition) is 4. The van der Waals surface area contributed by atoms with Crippen molar-refractivity contribution in [2.24, 2.45) is 0 Å². The third kappa shape index (κ3) is 3.63. The van der Waals surface area contributed by atoms with Gasteiger partial charge in [0.2, 0.25) is 0 Å². The summed E-state index contributed by atoms with van der Waals surface area (Å²) in [7, 11) is 0. The largest absolute Gasteiger partial charge is 0.494 e. The number of rotatable bonds is 6. The molecule has 3 rings (SSSR count). The Labute approximate surface area is 146 Å². The van der Waals surface area contributed by atoms with Crippen molar-refractivity contribution in [1.82, 2.24) is 20.3 Å². The van der Waals surface area contributed by atoms with E-state index < -0.39 is 0 Å². The van der Waals surface area contributed by atoms with Gasteiger partial charge in [-0.3, -0.25) is 4.79 Å². The number of ether oxygens (including phenoxy) is 1. The number of nitrogens with one attached hydrogen (secondary N) is 1. The second-order valence-electron chi connectivity index (χ2n) is 6.05. The van der Waals surface area contributed by atoms with Crippen molar-refractivity contribution >= 4 is 16.9 Å². The zero-order valence-corrected chi connectivity index (χ0v) is 14.7. The Balaban J connectivity index is 1.74. The molecule has 130 valence electrons. The minimum atomic E-state index is -0.146. The summed E-state index contributed by atoms with van der Waals surface area (Å²) in [5, 5.41) is 11.2. The van der Waals surface area contributed by atoms with Crippen molar-refractivity contribution in [2.75, 3.05) is 6.61 Å². The predicted octanol–water partition coefficient (Wildman–Crippen LogP) is 3.34. The lowest BCUT2D eigenvalue weighted by Crippen LogP contribution is -2.23. The van der Waals surface area contributed by atoms with Crippen LogP contribution in [0.1, 0.15) is 42.7 Å². The summed E-state index contributed by atoms with van der Waals surface area (Å²) in [6, 6.07) is 13.4. The van der Waals surface area contributed by atoms with Gasteiger partial charge in [0.15, 0.2) is 0 Å². The van der Waals surface area contributed by atoms with Crippen LogP contribution in [0.25, 0.3) is 11.0 Å². The third-order valence-corrected chi connectivity index (χ3v) is 3.93. The highest BCUT2D eigenvalue weighted by molar-refractivity contribution is 5.97. The molecule has 0 fully saturated rings. The number of para-hydroxylation sites is 1. The first-order chi connectivity index (χ1) is 12.1. The Kier molecular flexibility index (Phi) is 4.97. The number of benzene rings is 2. The van der Waals surface area contributed by atoms with Gasteiger partial charge in [0, 0.05) is 23.7 Å². The zero-order chi connectivity index (χ0) is 17.8. The van der Waals surface area contributed by atoms with E-state index in [4.69, 9.17) is 4.74 Å². The molecule has 1 amide bonds. The van der Waals surface area contributed by atoms with Gasteiger partial charge in [-0.05, 0) is 45.0 Å². The summed E-state index contributed by atoms with van der Waals surface area (Å²) >= 11 is 0. The Morgan fingerprint density at radius 2 is 2.04 bits per heavy atom. The second-order valence-corrected chi connectivity index (χ2v) is 6.05. The fraction of sp³-hybridized carbons (Fsp3) is 0.316. The van der Waals surface area contributed by atoms with Crippen molar-refractivity contribution in [2.45, 2.75) is 33.4 Å². The lowest BCUT2D eigenvalue weighted by atomic mass is 10.1. The van der Waals surface area contributed by atoms with Gasteiger partial charge in [0.1, 0.15) is 11.3 Å². The molecular weight excluding hydrogens is 316 g/mol. The predicted molar refractivity (Wildman–Crippen MR) is 96.7 cm³/mol.